The predicted molar refractivity (Wildman–Crippen MR) is 101 cm³/mol. The van der Waals surface area contributed by atoms with E-state index in [-0.39, 0.29) is 18.6 Å². The first-order valence-corrected chi connectivity index (χ1v) is 9.09. The molecular weight excluding hydrogens is 328 g/mol. The van der Waals surface area contributed by atoms with Gasteiger partial charge in [-0.05, 0) is 70.2 Å². The molecule has 0 bridgehead atoms. The molecule has 1 heterocycles. The van der Waals surface area contributed by atoms with E-state index in [2.05, 4.69) is 11.4 Å². The van der Waals surface area contributed by atoms with Gasteiger partial charge in [0.05, 0.1) is 5.56 Å². The van der Waals surface area contributed by atoms with Gasteiger partial charge in [-0.2, -0.15) is 0 Å². The van der Waals surface area contributed by atoms with Gasteiger partial charge in [0.1, 0.15) is 0 Å². The summed E-state index contributed by atoms with van der Waals surface area (Å²) in [7, 11) is 0. The topological polar surface area (TPSA) is 60.3 Å². The summed E-state index contributed by atoms with van der Waals surface area (Å²) in [5, 5.41) is 2.89. The monoisotopic (exact) mass is 354 g/mol. The average Bonchev–Trinajstić information content (AvgIpc) is 3.38. The highest BCUT2D eigenvalue weighted by Gasteiger charge is 2.29. The van der Waals surface area contributed by atoms with Crippen molar-refractivity contribution in [1.29, 1.82) is 0 Å². The summed E-state index contributed by atoms with van der Waals surface area (Å²) in [5.74, 6) is -0.139. The number of nitrogens with zero attached hydrogens (tertiary/aromatic N) is 1. The second-order valence-corrected chi connectivity index (χ2v) is 7.23. The lowest BCUT2D eigenvalue weighted by molar-refractivity contribution is -0.124. The van der Waals surface area contributed by atoms with Crippen LogP contribution >= 0.6 is 0 Å². The summed E-state index contributed by atoms with van der Waals surface area (Å²) in [4.78, 5) is 24.4. The van der Waals surface area contributed by atoms with E-state index >= 15 is 0 Å². The molecular formula is C21H26N2O3. The number of esters is 1. The molecule has 2 aromatic rings. The lowest BCUT2D eigenvalue weighted by atomic mass is 10.2. The molecule has 1 aromatic carbocycles. The van der Waals surface area contributed by atoms with E-state index in [0.29, 0.717) is 11.5 Å². The Bertz CT molecular complexity index is 834. The van der Waals surface area contributed by atoms with Crippen LogP contribution in [0.1, 0.15) is 47.1 Å². The lowest BCUT2D eigenvalue weighted by Gasteiger charge is -2.13. The zero-order valence-corrected chi connectivity index (χ0v) is 15.8. The maximum Gasteiger partial charge on any atom is 0.340 e. The van der Waals surface area contributed by atoms with Gasteiger partial charge in [0.2, 0.25) is 0 Å². The Morgan fingerprint density at radius 3 is 2.62 bits per heavy atom. The summed E-state index contributed by atoms with van der Waals surface area (Å²) in [6.45, 7) is 7.63. The van der Waals surface area contributed by atoms with Gasteiger partial charge in [-0.15, -0.1) is 0 Å². The Balaban J connectivity index is 1.68. The van der Waals surface area contributed by atoms with Crippen molar-refractivity contribution < 1.29 is 14.3 Å². The largest absolute Gasteiger partial charge is 0.452 e. The molecule has 26 heavy (non-hydrogen) atoms. The first kappa shape index (κ1) is 18.2. The molecule has 1 saturated carbocycles. The van der Waals surface area contributed by atoms with Gasteiger partial charge in [-0.3, -0.25) is 4.79 Å². The highest BCUT2D eigenvalue weighted by atomic mass is 16.5. The van der Waals surface area contributed by atoms with Crippen LogP contribution in [0.25, 0.3) is 5.69 Å². The second-order valence-electron chi connectivity index (χ2n) is 7.23. The molecule has 138 valence electrons. The van der Waals surface area contributed by atoms with E-state index in [1.807, 2.05) is 56.5 Å². The third kappa shape index (κ3) is 3.98. The minimum atomic E-state index is -0.466. The molecule has 0 radical (unpaired) electrons. The van der Waals surface area contributed by atoms with E-state index in [0.717, 1.165) is 35.5 Å². The van der Waals surface area contributed by atoms with Crippen LogP contribution in [0.3, 0.4) is 0 Å². The zero-order valence-electron chi connectivity index (χ0n) is 15.8. The number of nitrogens with one attached hydrogen (secondary N) is 1. The Morgan fingerprint density at radius 1 is 1.23 bits per heavy atom. The third-order valence-electron chi connectivity index (χ3n) is 4.96. The predicted octanol–water partition coefficient (Wildman–Crippen LogP) is 3.47. The average molecular weight is 354 g/mol. The van der Waals surface area contributed by atoms with Crippen molar-refractivity contribution in [2.45, 2.75) is 46.6 Å². The van der Waals surface area contributed by atoms with Crippen molar-refractivity contribution in [3.05, 3.63) is 52.8 Å². The maximum absolute atomic E-state index is 12.5. The molecule has 3 rings (SSSR count). The van der Waals surface area contributed by atoms with Crippen molar-refractivity contribution in [3.8, 4) is 5.69 Å². The number of ether oxygens (including phenoxy) is 1. The number of carbonyl (C=O) groups is 2. The fourth-order valence-electron chi connectivity index (χ4n) is 3.35. The van der Waals surface area contributed by atoms with E-state index < -0.39 is 5.97 Å². The molecule has 0 saturated heterocycles. The molecule has 1 aliphatic rings. The number of rotatable bonds is 6. The van der Waals surface area contributed by atoms with Crippen LogP contribution in [0, 0.1) is 26.7 Å². The molecule has 1 aromatic heterocycles. The molecule has 1 N–H and O–H groups in total. The quantitative estimate of drug-likeness (QED) is 0.808. The lowest BCUT2D eigenvalue weighted by Crippen LogP contribution is -2.37. The summed E-state index contributed by atoms with van der Waals surface area (Å²) < 4.78 is 7.26. The standard InChI is InChI=1S/C21H26N2O3/c1-13-6-5-7-18(10-13)23-14(2)11-19(16(23)4)21(25)26-12-20(24)22-15(3)17-8-9-17/h5-7,10-11,15,17H,8-9,12H2,1-4H3,(H,22,24)/t15-/m1/s1. The number of hydrogen-bond acceptors (Lipinski definition) is 3. The molecule has 1 atom stereocenters. The van der Waals surface area contributed by atoms with E-state index in [9.17, 15) is 9.59 Å². The smallest absolute Gasteiger partial charge is 0.340 e. The zero-order chi connectivity index (χ0) is 18.8. The van der Waals surface area contributed by atoms with Crippen LogP contribution in [0.2, 0.25) is 0 Å². The SMILES string of the molecule is Cc1cccc(-n2c(C)cc(C(=O)OCC(=O)N[C@H](C)C3CC3)c2C)c1. The first-order valence-electron chi connectivity index (χ1n) is 9.09. The molecule has 0 spiro atoms. The van der Waals surface area contributed by atoms with Gasteiger partial charge in [-0.25, -0.2) is 4.79 Å². The van der Waals surface area contributed by atoms with Crippen molar-refractivity contribution in [2.24, 2.45) is 5.92 Å². The highest BCUT2D eigenvalue weighted by Crippen LogP contribution is 2.32. The summed E-state index contributed by atoms with van der Waals surface area (Å²) >= 11 is 0. The number of carbonyl (C=O) groups excluding carboxylic acids is 2. The van der Waals surface area contributed by atoms with Crippen LogP contribution in [0.5, 0.6) is 0 Å². The van der Waals surface area contributed by atoms with Crippen LogP contribution < -0.4 is 5.32 Å². The molecule has 5 heteroatoms. The summed E-state index contributed by atoms with van der Waals surface area (Å²) in [5.41, 5.74) is 4.42. The Kier molecular flexibility index (Phi) is 5.16. The van der Waals surface area contributed by atoms with E-state index in [1.165, 1.54) is 0 Å². The van der Waals surface area contributed by atoms with Gasteiger partial charge in [0.25, 0.3) is 5.91 Å². The van der Waals surface area contributed by atoms with Gasteiger partial charge < -0.3 is 14.6 Å². The fourth-order valence-corrected chi connectivity index (χ4v) is 3.35. The summed E-state index contributed by atoms with van der Waals surface area (Å²) in [6.07, 6.45) is 2.32. The maximum atomic E-state index is 12.5. The molecule has 1 amide bonds. The second kappa shape index (κ2) is 7.36. The van der Waals surface area contributed by atoms with Crippen molar-refractivity contribution in [1.82, 2.24) is 9.88 Å². The number of amides is 1. The van der Waals surface area contributed by atoms with E-state index in [4.69, 9.17) is 4.74 Å². The van der Waals surface area contributed by atoms with Gasteiger partial charge >= 0.3 is 5.97 Å². The first-order chi connectivity index (χ1) is 12.4. The molecule has 1 fully saturated rings. The molecule has 1 aliphatic carbocycles. The summed E-state index contributed by atoms with van der Waals surface area (Å²) in [6, 6.07) is 10.1. The van der Waals surface area contributed by atoms with Gasteiger partial charge in [0, 0.05) is 23.1 Å². The highest BCUT2D eigenvalue weighted by molar-refractivity contribution is 5.93. The molecule has 0 unspecified atom stereocenters. The molecule has 0 aliphatic heterocycles. The number of aromatic nitrogens is 1. The van der Waals surface area contributed by atoms with Crippen LogP contribution in [0.4, 0.5) is 0 Å². The van der Waals surface area contributed by atoms with Crippen LogP contribution in [-0.4, -0.2) is 29.1 Å². The Hall–Kier alpha value is -2.56. The van der Waals surface area contributed by atoms with Crippen LogP contribution in [-0.2, 0) is 9.53 Å². The normalized spacial score (nSPS) is 14.8. The number of benzene rings is 1. The third-order valence-corrected chi connectivity index (χ3v) is 4.96. The van der Waals surface area contributed by atoms with Crippen molar-refractivity contribution in [3.63, 3.8) is 0 Å². The minimum absolute atomic E-state index is 0.146. The Morgan fingerprint density at radius 2 is 1.96 bits per heavy atom. The van der Waals surface area contributed by atoms with E-state index in [1.54, 1.807) is 0 Å². The van der Waals surface area contributed by atoms with Crippen molar-refractivity contribution in [2.75, 3.05) is 6.61 Å². The van der Waals surface area contributed by atoms with Crippen molar-refractivity contribution >= 4 is 11.9 Å². The number of aryl methyl sites for hydroxylation is 2. The van der Waals surface area contributed by atoms with Gasteiger partial charge in [-0.1, -0.05) is 12.1 Å². The fraction of sp³-hybridized carbons (Fsp3) is 0.429. The number of hydrogen-bond donors (Lipinski definition) is 1. The van der Waals surface area contributed by atoms with Gasteiger partial charge in [0.15, 0.2) is 6.61 Å². The van der Waals surface area contributed by atoms with Crippen LogP contribution in [0.15, 0.2) is 30.3 Å². The Labute approximate surface area is 154 Å². The minimum Gasteiger partial charge on any atom is -0.452 e. The molecule has 5 nitrogen and oxygen atoms in total.